The molecule has 0 N–H and O–H groups in total. The van der Waals surface area contributed by atoms with Gasteiger partial charge in [-0.1, -0.05) is 197 Å². The lowest BCUT2D eigenvalue weighted by Crippen LogP contribution is -2.03. The van der Waals surface area contributed by atoms with Gasteiger partial charge in [-0.2, -0.15) is 0 Å². The average molecular weight is 775 g/mol. The van der Waals surface area contributed by atoms with Crippen LogP contribution in [-0.2, 0) is 12.8 Å². The highest BCUT2D eigenvalue weighted by Gasteiger charge is 2.10. The minimum atomic E-state index is 0.749. The standard InChI is InChI=1S/C54H78O3/c1-4-7-10-13-18-23-42-55-52-39-36-49(37-40-52)48-32-28-46(29-33-48)26-21-16-17-22-27-47-30-34-50(35-31-47)51-38-41-53(56-43-24-19-14-11-8-5-2)54(45-51)57-44-25-20-15-12-9-6-3/h28-41,45H,4-27,42-44H2,1-3H3. The van der Waals surface area contributed by atoms with Crippen molar-refractivity contribution in [1.29, 1.82) is 0 Å². The first-order valence-corrected chi connectivity index (χ1v) is 23.5. The van der Waals surface area contributed by atoms with E-state index in [1.54, 1.807) is 0 Å². The van der Waals surface area contributed by atoms with Crippen molar-refractivity contribution in [3.05, 3.63) is 102 Å². The van der Waals surface area contributed by atoms with Gasteiger partial charge < -0.3 is 14.2 Å². The Kier molecular flexibility index (Phi) is 23.8. The maximum atomic E-state index is 6.37. The summed E-state index contributed by atoms with van der Waals surface area (Å²) in [5.41, 5.74) is 7.81. The summed E-state index contributed by atoms with van der Waals surface area (Å²) in [7, 11) is 0. The molecule has 3 heteroatoms. The van der Waals surface area contributed by atoms with Gasteiger partial charge >= 0.3 is 0 Å². The number of hydrogen-bond donors (Lipinski definition) is 0. The van der Waals surface area contributed by atoms with Crippen LogP contribution in [0.2, 0.25) is 0 Å². The molecule has 0 saturated carbocycles. The summed E-state index contributed by atoms with van der Waals surface area (Å²) in [6, 6.07) is 33.5. The van der Waals surface area contributed by atoms with Gasteiger partial charge in [0.15, 0.2) is 11.5 Å². The fraction of sp³-hybridized carbons (Fsp3) is 0.556. The predicted molar refractivity (Wildman–Crippen MR) is 246 cm³/mol. The summed E-state index contributed by atoms with van der Waals surface area (Å²) < 4.78 is 18.6. The van der Waals surface area contributed by atoms with Crippen LogP contribution >= 0.6 is 0 Å². The first kappa shape index (κ1) is 46.0. The quantitative estimate of drug-likeness (QED) is 0.0451. The lowest BCUT2D eigenvalue weighted by Gasteiger charge is -2.15. The topological polar surface area (TPSA) is 27.7 Å². The average Bonchev–Trinajstić information content (AvgIpc) is 3.25. The molecule has 0 bridgehead atoms. The molecule has 0 radical (unpaired) electrons. The van der Waals surface area contributed by atoms with E-state index < -0.39 is 0 Å². The van der Waals surface area contributed by atoms with E-state index in [9.17, 15) is 0 Å². The van der Waals surface area contributed by atoms with Crippen molar-refractivity contribution in [3.8, 4) is 39.5 Å². The fourth-order valence-electron chi connectivity index (χ4n) is 7.60. The molecule has 0 aliphatic rings. The zero-order chi connectivity index (χ0) is 40.0. The van der Waals surface area contributed by atoms with Crippen LogP contribution in [-0.4, -0.2) is 19.8 Å². The Morgan fingerprint density at radius 2 is 0.649 bits per heavy atom. The van der Waals surface area contributed by atoms with Gasteiger partial charge in [0.05, 0.1) is 19.8 Å². The third-order valence-electron chi connectivity index (χ3n) is 11.3. The van der Waals surface area contributed by atoms with E-state index >= 15 is 0 Å². The van der Waals surface area contributed by atoms with Crippen LogP contribution in [0.15, 0.2) is 91.0 Å². The molecule has 0 unspecified atom stereocenters. The van der Waals surface area contributed by atoms with E-state index in [4.69, 9.17) is 14.2 Å². The van der Waals surface area contributed by atoms with Crippen LogP contribution in [0.1, 0.15) is 173 Å². The zero-order valence-electron chi connectivity index (χ0n) is 36.5. The van der Waals surface area contributed by atoms with Crippen molar-refractivity contribution in [2.45, 2.75) is 175 Å². The molecule has 0 heterocycles. The number of hydrogen-bond acceptors (Lipinski definition) is 3. The fourth-order valence-corrected chi connectivity index (χ4v) is 7.60. The monoisotopic (exact) mass is 775 g/mol. The lowest BCUT2D eigenvalue weighted by molar-refractivity contribution is 0.258. The number of rotatable bonds is 33. The van der Waals surface area contributed by atoms with Gasteiger partial charge in [-0.3, -0.25) is 0 Å². The van der Waals surface area contributed by atoms with Crippen molar-refractivity contribution in [3.63, 3.8) is 0 Å². The molecule has 4 aromatic carbocycles. The maximum Gasteiger partial charge on any atom is 0.161 e. The lowest BCUT2D eigenvalue weighted by atomic mass is 9.99. The van der Waals surface area contributed by atoms with E-state index in [0.717, 1.165) is 69.2 Å². The largest absolute Gasteiger partial charge is 0.494 e. The third kappa shape index (κ3) is 19.1. The molecule has 0 aliphatic heterocycles. The third-order valence-corrected chi connectivity index (χ3v) is 11.3. The zero-order valence-corrected chi connectivity index (χ0v) is 36.5. The van der Waals surface area contributed by atoms with Gasteiger partial charge in [-0.25, -0.2) is 0 Å². The highest BCUT2D eigenvalue weighted by molar-refractivity contribution is 5.67. The second kappa shape index (κ2) is 29.5. The maximum absolute atomic E-state index is 6.37. The Morgan fingerprint density at radius 1 is 0.298 bits per heavy atom. The molecular formula is C54H78O3. The van der Waals surface area contributed by atoms with Gasteiger partial charge in [-0.15, -0.1) is 0 Å². The van der Waals surface area contributed by atoms with Crippen molar-refractivity contribution in [1.82, 2.24) is 0 Å². The molecular weight excluding hydrogens is 697 g/mol. The molecule has 0 aromatic heterocycles. The van der Waals surface area contributed by atoms with E-state index in [2.05, 4.69) is 112 Å². The van der Waals surface area contributed by atoms with E-state index in [0.29, 0.717) is 0 Å². The van der Waals surface area contributed by atoms with Gasteiger partial charge in [0.2, 0.25) is 0 Å². The highest BCUT2D eigenvalue weighted by Crippen LogP contribution is 2.34. The minimum Gasteiger partial charge on any atom is -0.494 e. The van der Waals surface area contributed by atoms with Gasteiger partial charge in [0, 0.05) is 0 Å². The minimum absolute atomic E-state index is 0.749. The van der Waals surface area contributed by atoms with Crippen molar-refractivity contribution in [2.24, 2.45) is 0 Å². The Hall–Kier alpha value is -3.72. The molecule has 4 aromatic rings. The summed E-state index contributed by atoms with van der Waals surface area (Å²) in [6.45, 7) is 9.13. The molecule has 0 spiro atoms. The summed E-state index contributed by atoms with van der Waals surface area (Å²) in [4.78, 5) is 0. The number of benzene rings is 4. The molecule has 3 nitrogen and oxygen atoms in total. The molecule has 57 heavy (non-hydrogen) atoms. The Labute approximate surface area is 349 Å². The summed E-state index contributed by atoms with van der Waals surface area (Å²) in [6.07, 6.45) is 30.2. The SMILES string of the molecule is CCCCCCCCOc1ccc(-c2ccc(CCCCCCc3ccc(-c4ccc(OCCCCCCCC)c(OCCCCCCCC)c4)cc3)cc2)cc1. The molecule has 0 atom stereocenters. The highest BCUT2D eigenvalue weighted by atomic mass is 16.5. The van der Waals surface area contributed by atoms with E-state index in [1.165, 1.54) is 155 Å². The van der Waals surface area contributed by atoms with Crippen LogP contribution in [0.3, 0.4) is 0 Å². The van der Waals surface area contributed by atoms with Crippen molar-refractivity contribution >= 4 is 0 Å². The first-order chi connectivity index (χ1) is 28.2. The summed E-state index contributed by atoms with van der Waals surface area (Å²) >= 11 is 0. The van der Waals surface area contributed by atoms with Crippen molar-refractivity contribution in [2.75, 3.05) is 19.8 Å². The van der Waals surface area contributed by atoms with Gasteiger partial charge in [-0.05, 0) is 103 Å². The molecule has 4 rings (SSSR count). The summed E-state index contributed by atoms with van der Waals surface area (Å²) in [5, 5.41) is 0. The number of ether oxygens (including phenoxy) is 3. The van der Waals surface area contributed by atoms with Gasteiger partial charge in [0.25, 0.3) is 0 Å². The van der Waals surface area contributed by atoms with Crippen LogP contribution in [0, 0.1) is 0 Å². The van der Waals surface area contributed by atoms with E-state index in [-0.39, 0.29) is 0 Å². The molecule has 312 valence electrons. The van der Waals surface area contributed by atoms with Gasteiger partial charge in [0.1, 0.15) is 5.75 Å². The molecule has 0 fully saturated rings. The Bertz CT molecular complexity index is 1560. The number of aryl methyl sites for hydroxylation is 2. The number of unbranched alkanes of at least 4 members (excludes halogenated alkanes) is 18. The first-order valence-electron chi connectivity index (χ1n) is 23.5. The predicted octanol–water partition coefficient (Wildman–Crippen LogP) is 16.6. The second-order valence-corrected chi connectivity index (χ2v) is 16.3. The van der Waals surface area contributed by atoms with E-state index in [1.807, 2.05) is 0 Å². The molecule has 0 amide bonds. The smallest absolute Gasteiger partial charge is 0.161 e. The van der Waals surface area contributed by atoms with Crippen LogP contribution in [0.5, 0.6) is 17.2 Å². The van der Waals surface area contributed by atoms with Crippen LogP contribution in [0.4, 0.5) is 0 Å². The second-order valence-electron chi connectivity index (χ2n) is 16.3. The molecule has 0 aliphatic carbocycles. The van der Waals surface area contributed by atoms with Crippen molar-refractivity contribution < 1.29 is 14.2 Å². The Morgan fingerprint density at radius 3 is 1.12 bits per heavy atom. The van der Waals surface area contributed by atoms with Crippen LogP contribution in [0.25, 0.3) is 22.3 Å². The summed E-state index contributed by atoms with van der Waals surface area (Å²) in [5.74, 6) is 2.75. The van der Waals surface area contributed by atoms with Crippen LogP contribution < -0.4 is 14.2 Å². The normalized spacial score (nSPS) is 11.2. The molecule has 0 saturated heterocycles. The Balaban J connectivity index is 1.15.